The van der Waals surface area contributed by atoms with Gasteiger partial charge in [-0.3, -0.25) is 4.79 Å². The average molecular weight is 386 g/mol. The van der Waals surface area contributed by atoms with E-state index in [2.05, 4.69) is 26.7 Å². The van der Waals surface area contributed by atoms with Crippen LogP contribution in [-0.2, 0) is 11.3 Å². The number of nitrogens with one attached hydrogen (secondary N) is 1. The zero-order chi connectivity index (χ0) is 18.6. The van der Waals surface area contributed by atoms with Crippen LogP contribution in [0.1, 0.15) is 24.6 Å². The van der Waals surface area contributed by atoms with E-state index in [0.717, 1.165) is 29.6 Å². The van der Waals surface area contributed by atoms with Crippen molar-refractivity contribution in [2.75, 3.05) is 18.9 Å². The van der Waals surface area contributed by atoms with Gasteiger partial charge in [0.2, 0.25) is 5.91 Å². The minimum absolute atomic E-state index is 0.0661. The maximum absolute atomic E-state index is 12.2. The lowest BCUT2D eigenvalue weighted by molar-refractivity contribution is -0.119. The quantitative estimate of drug-likeness (QED) is 0.554. The third kappa shape index (κ3) is 4.27. The number of hydrogen-bond acceptors (Lipinski definition) is 6. The number of rotatable bonds is 8. The van der Waals surface area contributed by atoms with Crippen LogP contribution < -0.4 is 14.8 Å². The van der Waals surface area contributed by atoms with Crippen LogP contribution in [0, 0.1) is 0 Å². The Morgan fingerprint density at radius 3 is 2.93 bits per heavy atom. The van der Waals surface area contributed by atoms with E-state index < -0.39 is 0 Å². The normalized spacial score (nSPS) is 18.1. The van der Waals surface area contributed by atoms with Crippen molar-refractivity contribution >= 4 is 17.7 Å². The molecular formula is C19H22N4O3S. The first-order valence-electron chi connectivity index (χ1n) is 9.06. The number of amides is 1. The Labute approximate surface area is 162 Å². The van der Waals surface area contributed by atoms with Crippen LogP contribution in [-0.4, -0.2) is 45.7 Å². The molecule has 7 nitrogen and oxygen atoms in total. The van der Waals surface area contributed by atoms with Crippen molar-refractivity contribution in [3.63, 3.8) is 0 Å². The van der Waals surface area contributed by atoms with Gasteiger partial charge in [0.05, 0.1) is 12.3 Å². The van der Waals surface area contributed by atoms with Gasteiger partial charge in [0.15, 0.2) is 16.7 Å². The number of carbonyl (C=O) groups is 1. The highest BCUT2D eigenvalue weighted by Crippen LogP contribution is 2.40. The molecule has 0 spiro atoms. The predicted molar refractivity (Wildman–Crippen MR) is 102 cm³/mol. The van der Waals surface area contributed by atoms with Crippen LogP contribution >= 0.6 is 11.8 Å². The molecule has 1 N–H and O–H groups in total. The second-order valence-corrected chi connectivity index (χ2v) is 7.55. The van der Waals surface area contributed by atoms with Crippen molar-refractivity contribution < 1.29 is 14.3 Å². The van der Waals surface area contributed by atoms with Gasteiger partial charge in [-0.25, -0.2) is 0 Å². The van der Waals surface area contributed by atoms with Gasteiger partial charge in [-0.15, -0.1) is 16.8 Å². The van der Waals surface area contributed by atoms with Gasteiger partial charge in [0.1, 0.15) is 18.5 Å². The number of aromatic nitrogens is 3. The Balaban J connectivity index is 1.26. The Morgan fingerprint density at radius 1 is 1.33 bits per heavy atom. The van der Waals surface area contributed by atoms with Gasteiger partial charge < -0.3 is 19.4 Å². The molecule has 142 valence electrons. The molecule has 1 aliphatic heterocycles. The van der Waals surface area contributed by atoms with Gasteiger partial charge in [-0.1, -0.05) is 30.0 Å². The average Bonchev–Trinajstić information content (AvgIpc) is 3.46. The smallest absolute Gasteiger partial charge is 0.230 e. The van der Waals surface area contributed by atoms with Crippen LogP contribution in [0.15, 0.2) is 42.1 Å². The molecular weight excluding hydrogens is 364 g/mol. The molecule has 0 saturated heterocycles. The summed E-state index contributed by atoms with van der Waals surface area (Å²) in [4.78, 5) is 12.2. The maximum atomic E-state index is 12.2. The van der Waals surface area contributed by atoms with Crippen molar-refractivity contribution in [2.24, 2.45) is 0 Å². The van der Waals surface area contributed by atoms with Gasteiger partial charge in [-0.05, 0) is 25.0 Å². The lowest BCUT2D eigenvalue weighted by atomic mass is 10.2. The molecule has 2 aliphatic rings. The van der Waals surface area contributed by atoms with E-state index in [1.807, 2.05) is 30.3 Å². The zero-order valence-electron chi connectivity index (χ0n) is 15.0. The van der Waals surface area contributed by atoms with E-state index in [1.54, 1.807) is 0 Å². The van der Waals surface area contributed by atoms with E-state index in [-0.39, 0.29) is 17.8 Å². The van der Waals surface area contributed by atoms with Crippen LogP contribution in [0.3, 0.4) is 0 Å². The fourth-order valence-electron chi connectivity index (χ4n) is 2.92. The second-order valence-electron chi connectivity index (χ2n) is 6.60. The molecule has 4 rings (SSSR count). The highest BCUT2D eigenvalue weighted by atomic mass is 32.2. The summed E-state index contributed by atoms with van der Waals surface area (Å²) >= 11 is 1.39. The highest BCUT2D eigenvalue weighted by molar-refractivity contribution is 7.99. The first kappa shape index (κ1) is 17.9. The largest absolute Gasteiger partial charge is 0.486 e. The van der Waals surface area contributed by atoms with E-state index in [1.165, 1.54) is 11.8 Å². The number of para-hydroxylation sites is 2. The van der Waals surface area contributed by atoms with Crippen molar-refractivity contribution in [1.29, 1.82) is 0 Å². The topological polar surface area (TPSA) is 78.3 Å². The minimum Gasteiger partial charge on any atom is -0.486 e. The second kappa shape index (κ2) is 8.04. The summed E-state index contributed by atoms with van der Waals surface area (Å²) in [6, 6.07) is 7.54. The van der Waals surface area contributed by atoms with Crippen molar-refractivity contribution in [3.05, 3.63) is 42.7 Å². The lowest BCUT2D eigenvalue weighted by Crippen LogP contribution is -2.41. The number of allylic oxidation sites excluding steroid dienone is 1. The molecule has 2 heterocycles. The molecule has 0 bridgehead atoms. The molecule has 27 heavy (non-hydrogen) atoms. The Bertz CT molecular complexity index is 834. The van der Waals surface area contributed by atoms with Crippen molar-refractivity contribution in [3.8, 4) is 11.5 Å². The van der Waals surface area contributed by atoms with Crippen LogP contribution in [0.2, 0.25) is 0 Å². The van der Waals surface area contributed by atoms with Gasteiger partial charge in [0, 0.05) is 12.5 Å². The third-order valence-corrected chi connectivity index (χ3v) is 5.39. The lowest BCUT2D eigenvalue weighted by Gasteiger charge is -2.26. The number of nitrogens with zero attached hydrogens (tertiary/aromatic N) is 3. The van der Waals surface area contributed by atoms with E-state index in [0.29, 0.717) is 31.4 Å². The fourth-order valence-corrected chi connectivity index (χ4v) is 3.71. The first-order chi connectivity index (χ1) is 13.2. The molecule has 1 aromatic carbocycles. The molecule has 1 atom stereocenters. The summed E-state index contributed by atoms with van der Waals surface area (Å²) in [5.41, 5.74) is 0. The predicted octanol–water partition coefficient (Wildman–Crippen LogP) is 2.39. The van der Waals surface area contributed by atoms with Crippen LogP contribution in [0.4, 0.5) is 0 Å². The molecule has 8 heteroatoms. The summed E-state index contributed by atoms with van der Waals surface area (Å²) in [5.74, 6) is 3.18. The van der Waals surface area contributed by atoms with Gasteiger partial charge in [0.25, 0.3) is 0 Å². The molecule has 1 fully saturated rings. The van der Waals surface area contributed by atoms with E-state index in [4.69, 9.17) is 9.47 Å². The highest BCUT2D eigenvalue weighted by Gasteiger charge is 2.30. The Hall–Kier alpha value is -2.48. The van der Waals surface area contributed by atoms with Gasteiger partial charge >= 0.3 is 0 Å². The number of thioether (sulfide) groups is 1. The van der Waals surface area contributed by atoms with E-state index >= 15 is 0 Å². The monoisotopic (exact) mass is 386 g/mol. The number of fused-ring (bicyclic) bond motifs is 1. The van der Waals surface area contributed by atoms with Crippen molar-refractivity contribution in [2.45, 2.75) is 36.6 Å². The summed E-state index contributed by atoms with van der Waals surface area (Å²) in [6.07, 6.45) is 3.96. The summed E-state index contributed by atoms with van der Waals surface area (Å²) in [6.45, 7) is 5.28. The van der Waals surface area contributed by atoms with E-state index in [9.17, 15) is 4.79 Å². The van der Waals surface area contributed by atoms with Crippen LogP contribution in [0.25, 0.3) is 0 Å². The number of carbonyl (C=O) groups excluding carboxylic acids is 1. The Kier molecular flexibility index (Phi) is 5.33. The number of hydrogen-bond donors (Lipinski definition) is 1. The molecule has 2 aromatic rings. The first-order valence-corrected chi connectivity index (χ1v) is 10.0. The molecule has 0 radical (unpaired) electrons. The zero-order valence-corrected chi connectivity index (χ0v) is 15.8. The standard InChI is InChI=1S/C19H22N4O3S/c1-2-9-23-18(13-7-8-13)21-22-19(23)27-12-17(24)20-10-14-11-25-15-5-3-4-6-16(15)26-14/h2-6,13-14H,1,7-12H2,(H,20,24)/t14-/m1/s1. The minimum atomic E-state index is -0.195. The van der Waals surface area contributed by atoms with Crippen molar-refractivity contribution in [1.82, 2.24) is 20.1 Å². The maximum Gasteiger partial charge on any atom is 0.230 e. The third-order valence-electron chi connectivity index (χ3n) is 4.43. The number of ether oxygens (including phenoxy) is 2. The summed E-state index contributed by atoms with van der Waals surface area (Å²) in [5, 5.41) is 12.2. The molecule has 1 amide bonds. The Morgan fingerprint density at radius 2 is 2.15 bits per heavy atom. The van der Waals surface area contributed by atoms with Gasteiger partial charge in [-0.2, -0.15) is 0 Å². The summed E-state index contributed by atoms with van der Waals surface area (Å²) in [7, 11) is 0. The number of benzene rings is 1. The molecule has 1 aromatic heterocycles. The molecule has 0 unspecified atom stereocenters. The summed E-state index contributed by atoms with van der Waals surface area (Å²) < 4.78 is 13.6. The molecule has 1 aliphatic carbocycles. The molecule has 1 saturated carbocycles. The fraction of sp³-hybridized carbons (Fsp3) is 0.421. The van der Waals surface area contributed by atoms with Crippen LogP contribution in [0.5, 0.6) is 11.5 Å². The SMILES string of the molecule is C=CCn1c(SCC(=O)NC[C@@H]2COc3ccccc3O2)nnc1C1CC1.